The van der Waals surface area contributed by atoms with Crippen molar-refractivity contribution >= 4 is 33.3 Å². The Balaban J connectivity index is 1.67. The molecule has 4 aromatic rings. The SMILES string of the molecule is Cc1ccc([C@@H]2CC(=O)Nc3c2c(C)nn3-c2nc3ccccc3s2)cc1. The van der Waals surface area contributed by atoms with Crippen molar-refractivity contribution < 1.29 is 4.79 Å². The maximum absolute atomic E-state index is 12.5. The maximum atomic E-state index is 12.5. The molecule has 0 saturated heterocycles. The summed E-state index contributed by atoms with van der Waals surface area (Å²) >= 11 is 1.57. The molecule has 5 rings (SSSR count). The molecule has 1 N–H and O–H groups in total. The number of aryl methyl sites for hydroxylation is 2. The molecule has 5 nitrogen and oxygen atoms in total. The second-order valence-corrected chi connectivity index (χ2v) is 7.95. The van der Waals surface area contributed by atoms with Crippen LogP contribution in [0.15, 0.2) is 48.5 Å². The summed E-state index contributed by atoms with van der Waals surface area (Å²) in [5, 5.41) is 8.54. The van der Waals surface area contributed by atoms with Crippen LogP contribution in [0.5, 0.6) is 0 Å². The van der Waals surface area contributed by atoms with E-state index in [2.05, 4.69) is 36.5 Å². The quantitative estimate of drug-likeness (QED) is 0.559. The minimum atomic E-state index is 0.00957. The van der Waals surface area contributed by atoms with Crippen molar-refractivity contribution in [3.05, 3.63) is 70.9 Å². The van der Waals surface area contributed by atoms with E-state index >= 15 is 0 Å². The van der Waals surface area contributed by atoms with Crippen LogP contribution in [-0.2, 0) is 4.79 Å². The lowest BCUT2D eigenvalue weighted by Gasteiger charge is -2.24. The fourth-order valence-corrected chi connectivity index (χ4v) is 4.64. The highest BCUT2D eigenvalue weighted by molar-refractivity contribution is 7.20. The van der Waals surface area contributed by atoms with Gasteiger partial charge in [0.1, 0.15) is 5.82 Å². The van der Waals surface area contributed by atoms with Gasteiger partial charge in [0.15, 0.2) is 0 Å². The van der Waals surface area contributed by atoms with Gasteiger partial charge in [-0.2, -0.15) is 9.78 Å². The first kappa shape index (κ1) is 16.2. The zero-order chi connectivity index (χ0) is 18.5. The minimum Gasteiger partial charge on any atom is -0.310 e. The van der Waals surface area contributed by atoms with Crippen LogP contribution in [0, 0.1) is 13.8 Å². The van der Waals surface area contributed by atoms with Gasteiger partial charge in [0.25, 0.3) is 0 Å². The van der Waals surface area contributed by atoms with Crippen molar-refractivity contribution in [1.82, 2.24) is 14.8 Å². The Morgan fingerprint density at radius 2 is 1.89 bits per heavy atom. The van der Waals surface area contributed by atoms with E-state index < -0.39 is 0 Å². The first-order chi connectivity index (χ1) is 13.1. The van der Waals surface area contributed by atoms with Gasteiger partial charge >= 0.3 is 0 Å². The molecule has 0 aliphatic carbocycles. The van der Waals surface area contributed by atoms with Gasteiger partial charge in [0.05, 0.1) is 15.9 Å². The van der Waals surface area contributed by atoms with Gasteiger partial charge in [-0.1, -0.05) is 53.3 Å². The predicted octanol–water partition coefficient (Wildman–Crippen LogP) is 4.57. The van der Waals surface area contributed by atoms with Crippen LogP contribution in [0.4, 0.5) is 5.82 Å². The van der Waals surface area contributed by atoms with Gasteiger partial charge in [-0.15, -0.1) is 0 Å². The van der Waals surface area contributed by atoms with Crippen LogP contribution in [0.25, 0.3) is 15.3 Å². The number of nitrogens with zero attached hydrogens (tertiary/aromatic N) is 3. The van der Waals surface area contributed by atoms with Gasteiger partial charge in [0.2, 0.25) is 11.0 Å². The Hall–Kier alpha value is -2.99. The fraction of sp³-hybridized carbons (Fsp3) is 0.190. The van der Waals surface area contributed by atoms with E-state index in [1.165, 1.54) is 5.56 Å². The number of aromatic nitrogens is 3. The summed E-state index contributed by atoms with van der Waals surface area (Å²) in [5.41, 5.74) is 5.30. The summed E-state index contributed by atoms with van der Waals surface area (Å²) in [6.07, 6.45) is 0.433. The standard InChI is InChI=1S/C21H18N4OS/c1-12-7-9-14(10-8-12)15-11-18(26)23-20-19(15)13(2)24-25(20)21-22-16-5-3-4-6-17(16)27-21/h3-10,15H,11H2,1-2H3,(H,23,26)/t15-/m0/s1. The van der Waals surface area contributed by atoms with Gasteiger partial charge in [-0.3, -0.25) is 4.79 Å². The second kappa shape index (κ2) is 6.03. The number of amides is 1. The lowest BCUT2D eigenvalue weighted by Crippen LogP contribution is -2.24. The second-order valence-electron chi connectivity index (χ2n) is 6.94. The molecule has 0 saturated carbocycles. The molecule has 1 aliphatic rings. The summed E-state index contributed by atoms with van der Waals surface area (Å²) in [6, 6.07) is 16.4. The van der Waals surface area contributed by atoms with Gasteiger partial charge in [0, 0.05) is 17.9 Å². The Morgan fingerprint density at radius 1 is 1.11 bits per heavy atom. The van der Waals surface area contributed by atoms with Crippen LogP contribution in [0.2, 0.25) is 0 Å². The number of para-hydroxylation sites is 1. The van der Waals surface area contributed by atoms with Crippen molar-refractivity contribution in [3.8, 4) is 5.13 Å². The summed E-state index contributed by atoms with van der Waals surface area (Å²) in [7, 11) is 0. The largest absolute Gasteiger partial charge is 0.310 e. The van der Waals surface area contributed by atoms with E-state index in [1.807, 2.05) is 31.2 Å². The average Bonchev–Trinajstić information content (AvgIpc) is 3.23. The predicted molar refractivity (Wildman–Crippen MR) is 108 cm³/mol. The first-order valence-electron chi connectivity index (χ1n) is 8.92. The highest BCUT2D eigenvalue weighted by Gasteiger charge is 2.33. The Kier molecular flexibility index (Phi) is 3.62. The van der Waals surface area contributed by atoms with Crippen molar-refractivity contribution in [3.63, 3.8) is 0 Å². The van der Waals surface area contributed by atoms with Crippen LogP contribution in [0.1, 0.15) is 34.7 Å². The highest BCUT2D eigenvalue weighted by Crippen LogP contribution is 2.41. The van der Waals surface area contributed by atoms with Gasteiger partial charge in [-0.05, 0) is 31.5 Å². The van der Waals surface area contributed by atoms with Crippen LogP contribution < -0.4 is 5.32 Å². The molecule has 134 valence electrons. The summed E-state index contributed by atoms with van der Waals surface area (Å²) in [6.45, 7) is 4.07. The van der Waals surface area contributed by atoms with Crippen LogP contribution in [0.3, 0.4) is 0 Å². The molecule has 27 heavy (non-hydrogen) atoms. The number of hydrogen-bond donors (Lipinski definition) is 1. The monoisotopic (exact) mass is 374 g/mol. The summed E-state index contributed by atoms with van der Waals surface area (Å²) < 4.78 is 2.89. The molecule has 6 heteroatoms. The average molecular weight is 374 g/mol. The number of hydrogen-bond acceptors (Lipinski definition) is 4. The lowest BCUT2D eigenvalue weighted by atomic mass is 9.85. The third-order valence-electron chi connectivity index (χ3n) is 5.05. The van der Waals surface area contributed by atoms with Crippen LogP contribution in [-0.4, -0.2) is 20.7 Å². The Morgan fingerprint density at radius 3 is 2.67 bits per heavy atom. The number of anilines is 1. The molecule has 3 heterocycles. The number of thiazole rings is 1. The van der Waals surface area contributed by atoms with Gasteiger partial charge < -0.3 is 5.32 Å². The van der Waals surface area contributed by atoms with Crippen molar-refractivity contribution in [2.75, 3.05) is 5.32 Å². The normalized spacial score (nSPS) is 16.4. The number of carbonyl (C=O) groups excluding carboxylic acids is 1. The minimum absolute atomic E-state index is 0.00957. The number of fused-ring (bicyclic) bond motifs is 2. The molecule has 2 aromatic carbocycles. The molecule has 0 fully saturated rings. The molecule has 0 unspecified atom stereocenters. The third kappa shape index (κ3) is 2.64. The van der Waals surface area contributed by atoms with E-state index in [0.717, 1.165) is 38.0 Å². The number of rotatable bonds is 2. The van der Waals surface area contributed by atoms with Crippen molar-refractivity contribution in [1.29, 1.82) is 0 Å². The fourth-order valence-electron chi connectivity index (χ4n) is 3.72. The molecular formula is C21H18N4OS. The molecular weight excluding hydrogens is 356 g/mol. The number of nitrogens with one attached hydrogen (secondary N) is 1. The molecule has 0 radical (unpaired) electrons. The molecule has 1 aliphatic heterocycles. The Labute approximate surface area is 160 Å². The van der Waals surface area contributed by atoms with Crippen molar-refractivity contribution in [2.45, 2.75) is 26.2 Å². The van der Waals surface area contributed by atoms with Gasteiger partial charge in [-0.25, -0.2) is 4.98 Å². The zero-order valence-corrected chi connectivity index (χ0v) is 15.9. The molecule has 1 amide bonds. The molecule has 2 aromatic heterocycles. The van der Waals surface area contributed by atoms with E-state index in [9.17, 15) is 4.79 Å². The Bertz CT molecular complexity index is 1140. The zero-order valence-electron chi connectivity index (χ0n) is 15.1. The summed E-state index contributed by atoms with van der Waals surface area (Å²) in [4.78, 5) is 17.2. The lowest BCUT2D eigenvalue weighted by molar-refractivity contribution is -0.116. The maximum Gasteiger partial charge on any atom is 0.226 e. The van der Waals surface area contributed by atoms with Crippen molar-refractivity contribution in [2.24, 2.45) is 0 Å². The van der Waals surface area contributed by atoms with E-state index in [0.29, 0.717) is 6.42 Å². The molecule has 1 atom stereocenters. The topological polar surface area (TPSA) is 59.8 Å². The molecule has 0 spiro atoms. The van der Waals surface area contributed by atoms with E-state index in [-0.39, 0.29) is 11.8 Å². The summed E-state index contributed by atoms with van der Waals surface area (Å²) in [5.74, 6) is 0.765. The van der Waals surface area contributed by atoms with E-state index in [4.69, 9.17) is 10.1 Å². The van der Waals surface area contributed by atoms with E-state index in [1.54, 1.807) is 16.0 Å². The molecule has 0 bridgehead atoms. The smallest absolute Gasteiger partial charge is 0.226 e. The number of benzene rings is 2. The highest BCUT2D eigenvalue weighted by atomic mass is 32.1. The van der Waals surface area contributed by atoms with Crippen LogP contribution >= 0.6 is 11.3 Å². The third-order valence-corrected chi connectivity index (χ3v) is 6.06. The number of carbonyl (C=O) groups is 1. The first-order valence-corrected chi connectivity index (χ1v) is 9.73.